The van der Waals surface area contributed by atoms with Gasteiger partial charge in [-0.25, -0.2) is 9.78 Å². The number of aromatic nitrogens is 1. The number of nitrogens with one attached hydrogen (secondary N) is 1. The minimum absolute atomic E-state index is 0.148. The van der Waals surface area contributed by atoms with Crippen molar-refractivity contribution in [2.24, 2.45) is 0 Å². The number of rotatable bonds is 3. The van der Waals surface area contributed by atoms with Crippen LogP contribution in [0.1, 0.15) is 23.2 Å². The topological polar surface area (TPSA) is 71.5 Å². The minimum Gasteiger partial charge on any atom is -0.477 e. The number of ether oxygens (including phenoxy) is 1. The lowest BCUT2D eigenvalue weighted by atomic mass is 9.91. The maximum absolute atomic E-state index is 13.3. The van der Waals surface area contributed by atoms with Gasteiger partial charge in [-0.2, -0.15) is 13.2 Å². The molecule has 2 rings (SSSR count). The quantitative estimate of drug-likeness (QED) is 0.889. The summed E-state index contributed by atoms with van der Waals surface area (Å²) >= 11 is 0. The molecule has 0 aromatic carbocycles. The van der Waals surface area contributed by atoms with E-state index in [-0.39, 0.29) is 31.5 Å². The van der Waals surface area contributed by atoms with Gasteiger partial charge in [0.05, 0.1) is 0 Å². The second kappa shape index (κ2) is 5.28. The van der Waals surface area contributed by atoms with Crippen molar-refractivity contribution in [3.8, 4) is 5.88 Å². The lowest BCUT2D eigenvalue weighted by molar-refractivity contribution is -0.257. The van der Waals surface area contributed by atoms with Crippen LogP contribution in [-0.2, 0) is 0 Å². The molecule has 5 nitrogen and oxygen atoms in total. The van der Waals surface area contributed by atoms with E-state index in [1.54, 1.807) is 0 Å². The van der Waals surface area contributed by atoms with E-state index in [2.05, 4.69) is 10.3 Å². The molecule has 0 amide bonds. The zero-order valence-electron chi connectivity index (χ0n) is 10.4. The maximum Gasteiger partial charge on any atom is 0.428 e. The number of carbonyl (C=O) groups is 1. The molecule has 1 fully saturated rings. The van der Waals surface area contributed by atoms with Gasteiger partial charge in [0.1, 0.15) is 5.56 Å². The highest BCUT2D eigenvalue weighted by Gasteiger charge is 2.57. The molecular weight excluding hydrogens is 277 g/mol. The summed E-state index contributed by atoms with van der Waals surface area (Å²) in [6.45, 7) is 0.295. The summed E-state index contributed by atoms with van der Waals surface area (Å²) in [5, 5.41) is 11.8. The molecule has 0 saturated carbocycles. The van der Waals surface area contributed by atoms with Crippen LogP contribution in [0.4, 0.5) is 13.2 Å². The fourth-order valence-corrected chi connectivity index (χ4v) is 2.09. The average Bonchev–Trinajstić information content (AvgIpc) is 2.39. The Morgan fingerprint density at radius 3 is 2.60 bits per heavy atom. The van der Waals surface area contributed by atoms with Gasteiger partial charge in [0.25, 0.3) is 0 Å². The van der Waals surface area contributed by atoms with Crippen molar-refractivity contribution < 1.29 is 27.8 Å². The van der Waals surface area contributed by atoms with Gasteiger partial charge in [0, 0.05) is 19.0 Å². The van der Waals surface area contributed by atoms with Crippen LogP contribution in [0.25, 0.3) is 0 Å². The fourth-order valence-electron chi connectivity index (χ4n) is 2.09. The molecular formula is C12H13F3N2O3. The smallest absolute Gasteiger partial charge is 0.428 e. The Balaban J connectivity index is 2.36. The third-order valence-electron chi connectivity index (χ3n) is 3.22. The van der Waals surface area contributed by atoms with Gasteiger partial charge < -0.3 is 15.2 Å². The Morgan fingerprint density at radius 2 is 2.05 bits per heavy atom. The summed E-state index contributed by atoms with van der Waals surface area (Å²) < 4.78 is 44.9. The predicted octanol–water partition coefficient (Wildman–Crippen LogP) is 1.84. The van der Waals surface area contributed by atoms with E-state index >= 15 is 0 Å². The molecule has 0 atom stereocenters. The van der Waals surface area contributed by atoms with Crippen molar-refractivity contribution >= 4 is 5.97 Å². The first-order valence-corrected chi connectivity index (χ1v) is 6.00. The van der Waals surface area contributed by atoms with Crippen molar-refractivity contribution in [3.05, 3.63) is 23.9 Å². The summed E-state index contributed by atoms with van der Waals surface area (Å²) in [4.78, 5) is 14.6. The number of carboxylic acids is 1. The van der Waals surface area contributed by atoms with Gasteiger partial charge in [-0.15, -0.1) is 0 Å². The molecule has 0 radical (unpaired) electrons. The number of pyridine rings is 1. The number of hydrogen-bond acceptors (Lipinski definition) is 4. The summed E-state index contributed by atoms with van der Waals surface area (Å²) in [6, 6.07) is 2.49. The lowest BCUT2D eigenvalue weighted by Crippen LogP contribution is -2.56. The molecule has 1 aliphatic heterocycles. The van der Waals surface area contributed by atoms with Crippen molar-refractivity contribution in [1.82, 2.24) is 10.3 Å². The normalized spacial score (nSPS) is 18.6. The summed E-state index contributed by atoms with van der Waals surface area (Å²) in [7, 11) is 0. The van der Waals surface area contributed by atoms with Crippen molar-refractivity contribution in [2.75, 3.05) is 13.1 Å². The molecule has 0 unspecified atom stereocenters. The molecule has 1 saturated heterocycles. The molecule has 0 bridgehead atoms. The van der Waals surface area contributed by atoms with E-state index in [1.807, 2.05) is 0 Å². The zero-order chi connectivity index (χ0) is 14.8. The summed E-state index contributed by atoms with van der Waals surface area (Å²) in [5.74, 6) is -1.88. The predicted molar refractivity (Wildman–Crippen MR) is 62.7 cm³/mol. The second-order valence-corrected chi connectivity index (χ2v) is 4.51. The van der Waals surface area contributed by atoms with Crippen molar-refractivity contribution in [1.29, 1.82) is 0 Å². The number of halogens is 3. The molecule has 1 aliphatic rings. The van der Waals surface area contributed by atoms with Crippen LogP contribution in [0.3, 0.4) is 0 Å². The zero-order valence-corrected chi connectivity index (χ0v) is 10.4. The van der Waals surface area contributed by atoms with E-state index in [0.29, 0.717) is 0 Å². The second-order valence-electron chi connectivity index (χ2n) is 4.51. The van der Waals surface area contributed by atoms with Crippen LogP contribution in [0.2, 0.25) is 0 Å². The van der Waals surface area contributed by atoms with Crippen LogP contribution >= 0.6 is 0 Å². The molecule has 0 aliphatic carbocycles. The number of aromatic carboxylic acids is 1. The molecule has 8 heteroatoms. The van der Waals surface area contributed by atoms with Gasteiger partial charge >= 0.3 is 12.1 Å². The standard InChI is InChI=1S/C12H13F3N2O3/c13-12(14,15)11(3-6-16-7-4-11)20-9-8(10(18)19)2-1-5-17-9/h1-2,5,16H,3-4,6-7H2,(H,18,19). The van der Waals surface area contributed by atoms with E-state index in [0.717, 1.165) is 6.07 Å². The Bertz CT molecular complexity index is 499. The molecule has 0 spiro atoms. The highest BCUT2D eigenvalue weighted by atomic mass is 19.4. The van der Waals surface area contributed by atoms with Crippen LogP contribution in [-0.4, -0.2) is 40.9 Å². The van der Waals surface area contributed by atoms with E-state index < -0.39 is 23.6 Å². The lowest BCUT2D eigenvalue weighted by Gasteiger charge is -2.38. The van der Waals surface area contributed by atoms with Gasteiger partial charge in [-0.1, -0.05) is 0 Å². The number of piperidine rings is 1. The first kappa shape index (κ1) is 14.6. The molecule has 1 aromatic heterocycles. The molecule has 2 heterocycles. The Morgan fingerprint density at radius 1 is 1.40 bits per heavy atom. The Kier molecular flexibility index (Phi) is 3.85. The van der Waals surface area contributed by atoms with Gasteiger partial charge in [0.2, 0.25) is 11.5 Å². The Labute approximate surface area is 112 Å². The highest BCUT2D eigenvalue weighted by Crippen LogP contribution is 2.41. The molecule has 110 valence electrons. The number of carboxylic acid groups (broad SMARTS) is 1. The monoisotopic (exact) mass is 290 g/mol. The van der Waals surface area contributed by atoms with E-state index in [9.17, 15) is 18.0 Å². The highest BCUT2D eigenvalue weighted by molar-refractivity contribution is 5.90. The van der Waals surface area contributed by atoms with Crippen LogP contribution in [0.15, 0.2) is 18.3 Å². The number of nitrogens with zero attached hydrogens (tertiary/aromatic N) is 1. The third kappa shape index (κ3) is 2.69. The van der Waals surface area contributed by atoms with Crippen molar-refractivity contribution in [2.45, 2.75) is 24.6 Å². The van der Waals surface area contributed by atoms with Crippen LogP contribution < -0.4 is 10.1 Å². The van der Waals surface area contributed by atoms with Gasteiger partial charge in [-0.3, -0.25) is 0 Å². The number of hydrogen-bond donors (Lipinski definition) is 2. The minimum atomic E-state index is -4.59. The Hall–Kier alpha value is -1.83. The molecule has 20 heavy (non-hydrogen) atoms. The van der Waals surface area contributed by atoms with Gasteiger partial charge in [0.15, 0.2) is 0 Å². The summed E-state index contributed by atoms with van der Waals surface area (Å²) in [6.07, 6.45) is -3.96. The van der Waals surface area contributed by atoms with Crippen LogP contribution in [0.5, 0.6) is 5.88 Å². The summed E-state index contributed by atoms with van der Waals surface area (Å²) in [5.41, 5.74) is -2.77. The fraction of sp³-hybridized carbons (Fsp3) is 0.500. The first-order chi connectivity index (χ1) is 9.36. The maximum atomic E-state index is 13.3. The van der Waals surface area contributed by atoms with E-state index in [4.69, 9.17) is 9.84 Å². The largest absolute Gasteiger partial charge is 0.477 e. The SMILES string of the molecule is O=C(O)c1cccnc1OC1(C(F)(F)F)CCNCC1. The van der Waals surface area contributed by atoms with Crippen molar-refractivity contribution in [3.63, 3.8) is 0 Å². The first-order valence-electron chi connectivity index (χ1n) is 6.00. The molecule has 2 N–H and O–H groups in total. The van der Waals surface area contributed by atoms with Gasteiger partial charge in [-0.05, 0) is 25.2 Å². The average molecular weight is 290 g/mol. The number of alkyl halides is 3. The van der Waals surface area contributed by atoms with E-state index in [1.165, 1.54) is 12.3 Å². The third-order valence-corrected chi connectivity index (χ3v) is 3.22. The van der Waals surface area contributed by atoms with Crippen LogP contribution in [0, 0.1) is 0 Å². The molecule has 1 aromatic rings.